The number of nitriles is 1. The van der Waals surface area contributed by atoms with E-state index in [0.29, 0.717) is 17.7 Å². The zero-order valence-corrected chi connectivity index (χ0v) is 18.6. The van der Waals surface area contributed by atoms with Gasteiger partial charge in [0, 0.05) is 49.0 Å². The van der Waals surface area contributed by atoms with Crippen LogP contribution in [0.5, 0.6) is 5.75 Å². The lowest BCUT2D eigenvalue weighted by molar-refractivity contribution is -0.145. The lowest BCUT2D eigenvalue weighted by atomic mass is 10.0. The van der Waals surface area contributed by atoms with Crippen molar-refractivity contribution in [1.82, 2.24) is 9.88 Å². The summed E-state index contributed by atoms with van der Waals surface area (Å²) in [6, 6.07) is 14.2. The van der Waals surface area contributed by atoms with Gasteiger partial charge in [-0.3, -0.25) is 4.90 Å². The van der Waals surface area contributed by atoms with Crippen molar-refractivity contribution in [3.05, 3.63) is 59.3 Å². The number of hydrogen-bond acceptors (Lipinski definition) is 5. The summed E-state index contributed by atoms with van der Waals surface area (Å²) in [6.45, 7) is 5.08. The molecule has 1 atom stereocenters. The molecule has 3 heterocycles. The Morgan fingerprint density at radius 2 is 2.03 bits per heavy atom. The summed E-state index contributed by atoms with van der Waals surface area (Å²) in [5, 5.41) is 19.5. The Morgan fingerprint density at radius 1 is 1.18 bits per heavy atom. The van der Waals surface area contributed by atoms with E-state index in [9.17, 15) is 9.90 Å². The highest BCUT2D eigenvalue weighted by atomic mass is 16.5. The predicted octanol–water partition coefficient (Wildman–Crippen LogP) is 3.57. The fraction of sp³-hybridized carbons (Fsp3) is 0.385. The van der Waals surface area contributed by atoms with Gasteiger partial charge in [-0.1, -0.05) is 0 Å². The van der Waals surface area contributed by atoms with Crippen LogP contribution < -0.4 is 9.64 Å². The number of nitrogens with one attached hydrogen (secondary N) is 1. The summed E-state index contributed by atoms with van der Waals surface area (Å²) in [5.41, 5.74) is 5.37. The van der Waals surface area contributed by atoms with E-state index in [1.807, 2.05) is 30.3 Å². The highest BCUT2D eigenvalue weighted by molar-refractivity contribution is 5.84. The predicted molar refractivity (Wildman–Crippen MR) is 127 cm³/mol. The molecule has 7 heteroatoms. The number of carboxylic acid groups (broad SMARTS) is 1. The third kappa shape index (κ3) is 4.53. The van der Waals surface area contributed by atoms with Gasteiger partial charge < -0.3 is 19.7 Å². The Balaban J connectivity index is 1.12. The van der Waals surface area contributed by atoms with Crippen LogP contribution >= 0.6 is 0 Å². The Kier molecular flexibility index (Phi) is 5.93. The van der Waals surface area contributed by atoms with Crippen LogP contribution in [0.3, 0.4) is 0 Å². The summed E-state index contributed by atoms with van der Waals surface area (Å²) in [7, 11) is 0. The van der Waals surface area contributed by atoms with Crippen LogP contribution in [-0.2, 0) is 17.6 Å². The van der Waals surface area contributed by atoms with Crippen molar-refractivity contribution in [2.75, 3.05) is 37.6 Å². The number of rotatable bonds is 6. The molecule has 0 aliphatic carbocycles. The number of piperazine rings is 1. The number of nitrogens with zero attached hydrogens (tertiary/aromatic N) is 3. The fourth-order valence-electron chi connectivity index (χ4n) is 4.92. The van der Waals surface area contributed by atoms with Gasteiger partial charge in [-0.25, -0.2) is 4.79 Å². The van der Waals surface area contributed by atoms with E-state index >= 15 is 0 Å². The molecule has 2 aliphatic rings. The summed E-state index contributed by atoms with van der Waals surface area (Å²) >= 11 is 0. The van der Waals surface area contributed by atoms with Crippen molar-refractivity contribution in [1.29, 1.82) is 5.26 Å². The summed E-state index contributed by atoms with van der Waals surface area (Å²) in [4.78, 5) is 19.4. The molecule has 5 rings (SSSR count). The van der Waals surface area contributed by atoms with Gasteiger partial charge in [0.15, 0.2) is 6.10 Å². The first-order chi connectivity index (χ1) is 16.1. The zero-order chi connectivity index (χ0) is 22.8. The largest absolute Gasteiger partial charge is 0.479 e. The maximum atomic E-state index is 11.2. The van der Waals surface area contributed by atoms with Crippen molar-refractivity contribution in [3.63, 3.8) is 0 Å². The molecule has 2 N–H and O–H groups in total. The molecule has 7 nitrogen and oxygen atoms in total. The molecular formula is C26H28N4O3. The average molecular weight is 445 g/mol. The van der Waals surface area contributed by atoms with Crippen LogP contribution in [0.15, 0.2) is 42.6 Å². The van der Waals surface area contributed by atoms with Crippen molar-refractivity contribution in [3.8, 4) is 11.8 Å². The third-order valence-corrected chi connectivity index (χ3v) is 6.82. The molecule has 0 amide bonds. The monoisotopic (exact) mass is 444 g/mol. The Hall–Kier alpha value is -3.50. The maximum Gasteiger partial charge on any atom is 0.344 e. The second-order valence-electron chi connectivity index (χ2n) is 8.89. The maximum absolute atomic E-state index is 11.2. The summed E-state index contributed by atoms with van der Waals surface area (Å²) < 4.78 is 5.62. The molecule has 3 aromatic rings. The van der Waals surface area contributed by atoms with Crippen LogP contribution in [0.25, 0.3) is 10.9 Å². The van der Waals surface area contributed by atoms with Crippen molar-refractivity contribution < 1.29 is 14.6 Å². The number of aliphatic carboxylic acids is 1. The fourth-order valence-corrected chi connectivity index (χ4v) is 4.92. The molecule has 170 valence electrons. The number of carbonyl (C=O) groups is 1. The molecule has 1 fully saturated rings. The molecule has 33 heavy (non-hydrogen) atoms. The average Bonchev–Trinajstić information content (AvgIpc) is 3.26. The smallest absolute Gasteiger partial charge is 0.344 e. The van der Waals surface area contributed by atoms with Crippen LogP contribution in [0, 0.1) is 11.3 Å². The number of benzene rings is 2. The van der Waals surface area contributed by atoms with Crippen LogP contribution in [-0.4, -0.2) is 59.8 Å². The molecule has 0 spiro atoms. The van der Waals surface area contributed by atoms with Crippen molar-refractivity contribution >= 4 is 22.6 Å². The lowest BCUT2D eigenvalue weighted by Crippen LogP contribution is -2.46. The Morgan fingerprint density at radius 3 is 2.82 bits per heavy atom. The molecule has 2 aliphatic heterocycles. The lowest BCUT2D eigenvalue weighted by Gasteiger charge is -2.36. The number of fused-ring (bicyclic) bond motifs is 2. The number of ether oxygens (including phenoxy) is 1. The van der Waals surface area contributed by atoms with Gasteiger partial charge >= 0.3 is 5.97 Å². The number of carboxylic acids is 1. The standard InChI is InChI=1S/C26H28N4O3/c27-16-18-3-6-23-22(14-18)20(17-28-23)2-1-9-29-10-12-30(13-11-29)21-5-8-24-19(15-21)4-7-25(33-24)26(31)32/h3,5-6,8,14-15,17,25,28H,1-2,4,7,9-13H2,(H,31,32). The van der Waals surface area contributed by atoms with Gasteiger partial charge in [0.1, 0.15) is 5.75 Å². The second kappa shape index (κ2) is 9.16. The Labute approximate surface area is 193 Å². The number of anilines is 1. The van der Waals surface area contributed by atoms with E-state index in [-0.39, 0.29) is 0 Å². The number of H-pyrrole nitrogens is 1. The van der Waals surface area contributed by atoms with Crippen LogP contribution in [0.1, 0.15) is 29.5 Å². The highest BCUT2D eigenvalue weighted by Crippen LogP contribution is 2.32. The number of aromatic amines is 1. The SMILES string of the molecule is N#Cc1ccc2[nH]cc(CCCN3CCN(c4ccc5c(c4)CCC(C(=O)O)O5)CC3)c2c1. The van der Waals surface area contributed by atoms with E-state index in [1.54, 1.807) is 0 Å². The summed E-state index contributed by atoms with van der Waals surface area (Å²) in [5.74, 6) is -0.187. The first kappa shape index (κ1) is 21.4. The van der Waals surface area contributed by atoms with Crippen molar-refractivity contribution in [2.24, 2.45) is 0 Å². The molecular weight excluding hydrogens is 416 g/mol. The molecule has 0 saturated carbocycles. The molecule has 1 aromatic heterocycles. The van der Waals surface area contributed by atoms with Gasteiger partial charge in [0.05, 0.1) is 11.6 Å². The minimum absolute atomic E-state index is 0.522. The summed E-state index contributed by atoms with van der Waals surface area (Å²) in [6.07, 6.45) is 4.69. The first-order valence-corrected chi connectivity index (χ1v) is 11.6. The third-order valence-electron chi connectivity index (χ3n) is 6.82. The molecule has 1 saturated heterocycles. The number of aromatic nitrogens is 1. The topological polar surface area (TPSA) is 92.6 Å². The van der Waals surface area contributed by atoms with Gasteiger partial charge in [-0.15, -0.1) is 0 Å². The van der Waals surface area contributed by atoms with Gasteiger partial charge in [0.2, 0.25) is 0 Å². The van der Waals surface area contributed by atoms with Crippen molar-refractivity contribution in [2.45, 2.75) is 31.8 Å². The minimum Gasteiger partial charge on any atom is -0.479 e. The van der Waals surface area contributed by atoms with E-state index in [4.69, 9.17) is 10.00 Å². The second-order valence-corrected chi connectivity index (χ2v) is 8.89. The van der Waals surface area contributed by atoms with Crippen LogP contribution in [0.4, 0.5) is 5.69 Å². The van der Waals surface area contributed by atoms with Gasteiger partial charge in [0.25, 0.3) is 0 Å². The van der Waals surface area contributed by atoms with Gasteiger partial charge in [-0.2, -0.15) is 5.26 Å². The minimum atomic E-state index is -0.891. The number of aryl methyl sites for hydroxylation is 2. The van der Waals surface area contributed by atoms with E-state index in [2.05, 4.69) is 33.1 Å². The molecule has 1 unspecified atom stereocenters. The highest BCUT2D eigenvalue weighted by Gasteiger charge is 2.26. The van der Waals surface area contributed by atoms with E-state index < -0.39 is 12.1 Å². The first-order valence-electron chi connectivity index (χ1n) is 11.6. The zero-order valence-electron chi connectivity index (χ0n) is 18.6. The quantitative estimate of drug-likeness (QED) is 0.604. The Bertz CT molecular complexity index is 1200. The van der Waals surface area contributed by atoms with Gasteiger partial charge in [-0.05, 0) is 79.8 Å². The van der Waals surface area contributed by atoms with Crippen LogP contribution in [0.2, 0.25) is 0 Å². The normalized spacial score (nSPS) is 18.5. The molecule has 2 aromatic carbocycles. The number of hydrogen-bond donors (Lipinski definition) is 2. The molecule has 0 bridgehead atoms. The van der Waals surface area contributed by atoms with E-state index in [0.717, 1.165) is 68.5 Å². The molecule has 0 radical (unpaired) electrons. The van der Waals surface area contributed by atoms with E-state index in [1.165, 1.54) is 11.3 Å².